The van der Waals surface area contributed by atoms with E-state index in [1.165, 1.54) is 16.3 Å². The summed E-state index contributed by atoms with van der Waals surface area (Å²) in [6.07, 6.45) is 1.73. The second kappa shape index (κ2) is 8.37. The molecule has 2 nitrogen and oxygen atoms in total. The highest BCUT2D eigenvalue weighted by Gasteiger charge is 2.18. The Balaban J connectivity index is 1.51. The van der Waals surface area contributed by atoms with Gasteiger partial charge in [0.15, 0.2) is 0 Å². The van der Waals surface area contributed by atoms with E-state index in [9.17, 15) is 0 Å². The Morgan fingerprint density at radius 3 is 1.63 bits per heavy atom. The highest BCUT2D eigenvalue weighted by atomic mass is 79.9. The van der Waals surface area contributed by atoms with E-state index < -0.39 is 0 Å². The SMILES string of the molecule is Brc1ccccc1C(Cc1ccc2ccccc2n1)Cc1ccc2ccccc2n1. The normalized spacial score (nSPS) is 11.4. The van der Waals surface area contributed by atoms with Crippen LogP contribution in [0.25, 0.3) is 21.8 Å². The summed E-state index contributed by atoms with van der Waals surface area (Å²) in [4.78, 5) is 9.85. The van der Waals surface area contributed by atoms with Crippen LogP contribution in [0.2, 0.25) is 0 Å². The predicted octanol–water partition coefficient (Wildman–Crippen LogP) is 7.11. The zero-order chi connectivity index (χ0) is 20.3. The molecule has 0 saturated heterocycles. The summed E-state index contributed by atoms with van der Waals surface area (Å²) in [5, 5.41) is 2.35. The fraction of sp³-hybridized carbons (Fsp3) is 0.111. The first-order valence-corrected chi connectivity index (χ1v) is 11.0. The van der Waals surface area contributed by atoms with Crippen molar-refractivity contribution in [1.82, 2.24) is 9.97 Å². The van der Waals surface area contributed by atoms with Crippen molar-refractivity contribution < 1.29 is 0 Å². The maximum Gasteiger partial charge on any atom is 0.0705 e. The van der Waals surface area contributed by atoms with E-state index in [-0.39, 0.29) is 5.92 Å². The minimum Gasteiger partial charge on any atom is -0.253 e. The Morgan fingerprint density at radius 2 is 1.07 bits per heavy atom. The van der Waals surface area contributed by atoms with Crippen LogP contribution in [-0.2, 0) is 12.8 Å². The second-order valence-corrected chi connectivity index (χ2v) is 8.47. The van der Waals surface area contributed by atoms with Gasteiger partial charge in [0.2, 0.25) is 0 Å². The lowest BCUT2D eigenvalue weighted by atomic mass is 9.89. The highest BCUT2D eigenvalue weighted by molar-refractivity contribution is 9.10. The number of rotatable bonds is 5. The molecule has 0 unspecified atom stereocenters. The lowest BCUT2D eigenvalue weighted by Gasteiger charge is -2.19. The molecule has 3 heteroatoms. The smallest absolute Gasteiger partial charge is 0.0705 e. The highest BCUT2D eigenvalue weighted by Crippen LogP contribution is 2.31. The molecule has 0 aliphatic carbocycles. The Kier molecular flexibility index (Phi) is 5.29. The molecule has 0 amide bonds. The largest absolute Gasteiger partial charge is 0.253 e. The van der Waals surface area contributed by atoms with Crippen molar-refractivity contribution in [3.63, 3.8) is 0 Å². The summed E-state index contributed by atoms with van der Waals surface area (Å²) in [5.74, 6) is 0.280. The third-order valence-corrected chi connectivity index (χ3v) is 6.29. The third kappa shape index (κ3) is 3.99. The average molecular weight is 453 g/mol. The number of fused-ring (bicyclic) bond motifs is 2. The number of hydrogen-bond donors (Lipinski definition) is 0. The quantitative estimate of drug-likeness (QED) is 0.283. The van der Waals surface area contributed by atoms with Crippen molar-refractivity contribution in [3.8, 4) is 0 Å². The zero-order valence-electron chi connectivity index (χ0n) is 16.5. The number of nitrogens with zero attached hydrogens (tertiary/aromatic N) is 2. The van der Waals surface area contributed by atoms with Crippen molar-refractivity contribution in [2.75, 3.05) is 0 Å². The Morgan fingerprint density at radius 1 is 0.567 bits per heavy atom. The van der Waals surface area contributed by atoms with Gasteiger partial charge in [-0.05, 0) is 54.7 Å². The van der Waals surface area contributed by atoms with Crippen LogP contribution in [0.4, 0.5) is 0 Å². The monoisotopic (exact) mass is 452 g/mol. The van der Waals surface area contributed by atoms with E-state index in [4.69, 9.17) is 9.97 Å². The molecule has 0 saturated carbocycles. The van der Waals surface area contributed by atoms with Crippen molar-refractivity contribution >= 4 is 37.7 Å². The Labute approximate surface area is 184 Å². The third-order valence-electron chi connectivity index (χ3n) is 5.57. The van der Waals surface area contributed by atoms with E-state index in [0.717, 1.165) is 39.7 Å². The van der Waals surface area contributed by atoms with Crippen molar-refractivity contribution in [2.45, 2.75) is 18.8 Å². The molecular weight excluding hydrogens is 432 g/mol. The molecule has 2 heterocycles. The van der Waals surface area contributed by atoms with Gasteiger partial charge in [-0.1, -0.05) is 82.7 Å². The van der Waals surface area contributed by atoms with Gasteiger partial charge in [0.05, 0.1) is 11.0 Å². The van der Waals surface area contributed by atoms with Gasteiger partial charge in [0, 0.05) is 26.6 Å². The van der Waals surface area contributed by atoms with Crippen LogP contribution in [0.5, 0.6) is 0 Å². The minimum absolute atomic E-state index is 0.280. The van der Waals surface area contributed by atoms with Gasteiger partial charge in [-0.3, -0.25) is 9.97 Å². The Bertz CT molecular complexity index is 1250. The molecule has 0 aliphatic rings. The van der Waals surface area contributed by atoms with E-state index in [1.54, 1.807) is 0 Å². The molecule has 0 radical (unpaired) electrons. The molecule has 0 spiro atoms. The minimum atomic E-state index is 0.280. The summed E-state index contributed by atoms with van der Waals surface area (Å²) in [6, 6.07) is 33.7. The lowest BCUT2D eigenvalue weighted by Crippen LogP contribution is -2.10. The summed E-state index contributed by atoms with van der Waals surface area (Å²) in [7, 11) is 0. The summed E-state index contributed by atoms with van der Waals surface area (Å²) in [5.41, 5.74) is 5.60. The first-order valence-electron chi connectivity index (χ1n) is 10.2. The molecule has 2 aromatic heterocycles. The molecule has 5 rings (SSSR count). The van der Waals surface area contributed by atoms with Crippen LogP contribution < -0.4 is 0 Å². The number of hydrogen-bond acceptors (Lipinski definition) is 2. The van der Waals surface area contributed by atoms with E-state index in [2.05, 4.69) is 101 Å². The predicted molar refractivity (Wildman–Crippen MR) is 128 cm³/mol. The molecule has 0 fully saturated rings. The molecular formula is C27H21BrN2. The molecule has 5 aromatic rings. The van der Waals surface area contributed by atoms with Gasteiger partial charge < -0.3 is 0 Å². The average Bonchev–Trinajstić information content (AvgIpc) is 2.79. The first-order chi connectivity index (χ1) is 14.8. The summed E-state index contributed by atoms with van der Waals surface area (Å²) >= 11 is 3.76. The van der Waals surface area contributed by atoms with Gasteiger partial charge in [-0.25, -0.2) is 0 Å². The Hall–Kier alpha value is -3.04. The van der Waals surface area contributed by atoms with Crippen LogP contribution in [0, 0.1) is 0 Å². The van der Waals surface area contributed by atoms with Gasteiger partial charge in [-0.2, -0.15) is 0 Å². The fourth-order valence-corrected chi connectivity index (χ4v) is 4.66. The van der Waals surface area contributed by atoms with Crippen molar-refractivity contribution in [1.29, 1.82) is 0 Å². The number of benzene rings is 3. The number of halogens is 1. The molecule has 30 heavy (non-hydrogen) atoms. The zero-order valence-corrected chi connectivity index (χ0v) is 18.1. The standard InChI is InChI=1S/C27H21BrN2/c28-25-10-4-3-9-24(25)21(17-22-15-13-19-7-1-5-11-26(19)29-22)18-23-16-14-20-8-2-6-12-27(20)30-23/h1-16,21H,17-18H2. The maximum atomic E-state index is 4.93. The van der Waals surface area contributed by atoms with Crippen molar-refractivity contribution in [2.24, 2.45) is 0 Å². The second-order valence-electron chi connectivity index (χ2n) is 7.62. The lowest BCUT2D eigenvalue weighted by molar-refractivity contribution is 0.658. The van der Waals surface area contributed by atoms with Gasteiger partial charge in [0.25, 0.3) is 0 Å². The molecule has 0 N–H and O–H groups in total. The molecule has 0 aliphatic heterocycles. The van der Waals surface area contributed by atoms with Gasteiger partial charge in [0.1, 0.15) is 0 Å². The van der Waals surface area contributed by atoms with E-state index in [1.807, 2.05) is 12.1 Å². The summed E-state index contributed by atoms with van der Waals surface area (Å²) in [6.45, 7) is 0. The fourth-order valence-electron chi connectivity index (χ4n) is 4.05. The molecule has 0 bridgehead atoms. The van der Waals surface area contributed by atoms with Crippen LogP contribution in [0.15, 0.2) is 102 Å². The molecule has 0 atom stereocenters. The van der Waals surface area contributed by atoms with Gasteiger partial charge >= 0.3 is 0 Å². The van der Waals surface area contributed by atoms with Crippen LogP contribution in [-0.4, -0.2) is 9.97 Å². The number of pyridine rings is 2. The maximum absolute atomic E-state index is 4.93. The molecule has 3 aromatic carbocycles. The number of aromatic nitrogens is 2. The van der Waals surface area contributed by atoms with Gasteiger partial charge in [-0.15, -0.1) is 0 Å². The summed E-state index contributed by atoms with van der Waals surface area (Å²) < 4.78 is 1.14. The van der Waals surface area contributed by atoms with Crippen LogP contribution in [0.3, 0.4) is 0 Å². The van der Waals surface area contributed by atoms with Crippen LogP contribution >= 0.6 is 15.9 Å². The first kappa shape index (κ1) is 19.0. The number of para-hydroxylation sites is 2. The van der Waals surface area contributed by atoms with Crippen LogP contribution in [0.1, 0.15) is 22.9 Å². The van der Waals surface area contributed by atoms with E-state index >= 15 is 0 Å². The van der Waals surface area contributed by atoms with Crippen molar-refractivity contribution in [3.05, 3.63) is 118 Å². The molecule has 146 valence electrons. The van der Waals surface area contributed by atoms with E-state index in [0.29, 0.717) is 0 Å². The topological polar surface area (TPSA) is 25.8 Å².